The number of thiophene rings is 1. The van der Waals surface area contributed by atoms with Crippen molar-refractivity contribution in [2.24, 2.45) is 0 Å². The van der Waals surface area contributed by atoms with Crippen LogP contribution in [0.5, 0.6) is 5.75 Å². The van der Waals surface area contributed by atoms with E-state index in [0.717, 1.165) is 11.3 Å². The van der Waals surface area contributed by atoms with Crippen molar-refractivity contribution < 1.29 is 17.9 Å². The number of anilines is 1. The number of hydrogen-bond donors (Lipinski definition) is 1. The maximum Gasteiger partial charge on any atom is 0.250 e. The third kappa shape index (κ3) is 3.39. The first-order chi connectivity index (χ1) is 11.0. The van der Waals surface area contributed by atoms with Crippen molar-refractivity contribution in [2.45, 2.75) is 16.7 Å². The molecule has 23 heavy (non-hydrogen) atoms. The molecule has 8 heteroatoms. The second-order valence-corrected chi connectivity index (χ2v) is 8.05. The number of nitrogens with zero attached hydrogens (tertiary/aromatic N) is 1. The summed E-state index contributed by atoms with van der Waals surface area (Å²) in [7, 11) is -2.02. The molecule has 1 aromatic carbocycles. The van der Waals surface area contributed by atoms with Crippen molar-refractivity contribution in [3.8, 4) is 5.75 Å². The summed E-state index contributed by atoms with van der Waals surface area (Å²) in [4.78, 5) is 13.8. The van der Waals surface area contributed by atoms with E-state index in [2.05, 4.69) is 4.72 Å². The normalized spacial score (nSPS) is 18.4. The first-order valence-electron chi connectivity index (χ1n) is 7.00. The van der Waals surface area contributed by atoms with Gasteiger partial charge in [-0.2, -0.15) is 0 Å². The fourth-order valence-electron chi connectivity index (χ4n) is 2.51. The summed E-state index contributed by atoms with van der Waals surface area (Å²) < 4.78 is 32.5. The lowest BCUT2D eigenvalue weighted by molar-refractivity contribution is -0.117. The minimum Gasteiger partial charge on any atom is -0.497 e. The second-order valence-electron chi connectivity index (χ2n) is 5.16. The Morgan fingerprint density at radius 1 is 1.30 bits per heavy atom. The van der Waals surface area contributed by atoms with Crippen molar-refractivity contribution in [1.29, 1.82) is 0 Å². The van der Waals surface area contributed by atoms with Crippen molar-refractivity contribution >= 4 is 33.0 Å². The lowest BCUT2D eigenvalue weighted by atomic mass is 10.3. The number of nitrogens with one attached hydrogen (secondary N) is 1. The summed E-state index contributed by atoms with van der Waals surface area (Å²) in [6.07, 6.45) is 0.141. The molecule has 0 spiro atoms. The van der Waals surface area contributed by atoms with E-state index >= 15 is 0 Å². The van der Waals surface area contributed by atoms with Gasteiger partial charge in [0.2, 0.25) is 15.9 Å². The zero-order valence-corrected chi connectivity index (χ0v) is 14.1. The van der Waals surface area contributed by atoms with Crippen LogP contribution in [0.2, 0.25) is 0 Å². The van der Waals surface area contributed by atoms with Crippen molar-refractivity contribution in [1.82, 2.24) is 4.72 Å². The van der Waals surface area contributed by atoms with Crippen LogP contribution in [0.15, 0.2) is 46.0 Å². The number of carbonyl (C=O) groups excluding carboxylic acids is 1. The minimum atomic E-state index is -3.58. The smallest absolute Gasteiger partial charge is 0.250 e. The third-order valence-electron chi connectivity index (χ3n) is 3.57. The highest BCUT2D eigenvalue weighted by Crippen LogP contribution is 2.26. The van der Waals surface area contributed by atoms with Gasteiger partial charge in [-0.1, -0.05) is 12.1 Å². The molecular weight excluding hydrogens is 336 g/mol. The zero-order chi connectivity index (χ0) is 16.4. The van der Waals surface area contributed by atoms with Crippen LogP contribution < -0.4 is 14.4 Å². The van der Waals surface area contributed by atoms with Crippen LogP contribution in [-0.2, 0) is 14.8 Å². The van der Waals surface area contributed by atoms with E-state index in [1.54, 1.807) is 53.8 Å². The summed E-state index contributed by atoms with van der Waals surface area (Å²) in [6, 6.07) is 9.93. The largest absolute Gasteiger partial charge is 0.497 e. The lowest BCUT2D eigenvalue weighted by Gasteiger charge is -2.17. The second kappa shape index (κ2) is 6.31. The van der Waals surface area contributed by atoms with E-state index in [-0.39, 0.29) is 16.5 Å². The molecule has 0 aliphatic carbocycles. The molecule has 6 nitrogen and oxygen atoms in total. The van der Waals surface area contributed by atoms with Crippen LogP contribution >= 0.6 is 11.3 Å². The fourth-order valence-corrected chi connectivity index (χ4v) is 4.75. The van der Waals surface area contributed by atoms with Crippen molar-refractivity contribution in [2.75, 3.05) is 18.6 Å². The molecule has 1 N–H and O–H groups in total. The molecule has 1 aliphatic rings. The molecular formula is C15H16N2O4S2. The molecule has 0 radical (unpaired) electrons. The van der Waals surface area contributed by atoms with Gasteiger partial charge >= 0.3 is 0 Å². The van der Waals surface area contributed by atoms with Gasteiger partial charge in [0.1, 0.15) is 9.96 Å². The van der Waals surface area contributed by atoms with Crippen LogP contribution in [0.1, 0.15) is 6.42 Å². The summed E-state index contributed by atoms with van der Waals surface area (Å²) >= 11 is 1.15. The molecule has 0 unspecified atom stereocenters. The Hall–Kier alpha value is -1.90. The lowest BCUT2D eigenvalue weighted by Crippen LogP contribution is -2.36. The van der Waals surface area contributed by atoms with E-state index in [1.165, 1.54) is 0 Å². The number of amides is 1. The zero-order valence-electron chi connectivity index (χ0n) is 12.4. The average molecular weight is 352 g/mol. The molecule has 2 heterocycles. The summed E-state index contributed by atoms with van der Waals surface area (Å²) in [5.74, 6) is 0.537. The molecule has 0 saturated carbocycles. The highest BCUT2D eigenvalue weighted by Gasteiger charge is 2.33. The quantitative estimate of drug-likeness (QED) is 0.891. The first kappa shape index (κ1) is 16.0. The predicted molar refractivity (Wildman–Crippen MR) is 88.4 cm³/mol. The standard InChI is InChI=1S/C15H16N2O4S2/c1-21-13-5-2-4-12(9-13)17-10-11(8-14(17)18)16-23(19,20)15-6-3-7-22-15/h2-7,9,11,16H,8,10H2,1H3/t11-/m0/s1. The van der Waals surface area contributed by atoms with Crippen LogP contribution in [-0.4, -0.2) is 34.0 Å². The molecule has 0 bridgehead atoms. The Kier molecular flexibility index (Phi) is 4.38. The highest BCUT2D eigenvalue weighted by molar-refractivity contribution is 7.91. The molecule has 122 valence electrons. The van der Waals surface area contributed by atoms with Crippen molar-refractivity contribution in [3.63, 3.8) is 0 Å². The molecule has 1 aliphatic heterocycles. The topological polar surface area (TPSA) is 75.7 Å². The number of carbonyl (C=O) groups is 1. The summed E-state index contributed by atoms with van der Waals surface area (Å²) in [6.45, 7) is 0.302. The fraction of sp³-hybridized carbons (Fsp3) is 0.267. The molecule has 1 saturated heterocycles. The molecule has 2 aromatic rings. The number of ether oxygens (including phenoxy) is 1. The van der Waals surface area contributed by atoms with E-state index in [4.69, 9.17) is 4.74 Å². The molecule has 1 fully saturated rings. The monoisotopic (exact) mass is 352 g/mol. The Labute approximate surface area is 138 Å². The van der Waals surface area contributed by atoms with Crippen molar-refractivity contribution in [3.05, 3.63) is 41.8 Å². The van der Waals surface area contributed by atoms with Gasteiger partial charge in [0.05, 0.1) is 7.11 Å². The van der Waals surface area contributed by atoms with Gasteiger partial charge < -0.3 is 9.64 Å². The molecule has 1 amide bonds. The summed E-state index contributed by atoms with van der Waals surface area (Å²) in [5.41, 5.74) is 0.701. The number of benzene rings is 1. The Morgan fingerprint density at radius 2 is 2.13 bits per heavy atom. The Balaban J connectivity index is 1.75. The van der Waals surface area contributed by atoms with Crippen LogP contribution in [0, 0.1) is 0 Å². The SMILES string of the molecule is COc1cccc(N2C[C@@H](NS(=O)(=O)c3cccs3)CC2=O)c1. The number of hydrogen-bond acceptors (Lipinski definition) is 5. The Morgan fingerprint density at radius 3 is 2.83 bits per heavy atom. The van der Waals surface area contributed by atoms with Gasteiger partial charge in [-0.3, -0.25) is 4.79 Å². The van der Waals surface area contributed by atoms with E-state index < -0.39 is 16.1 Å². The maximum absolute atomic E-state index is 12.2. The predicted octanol–water partition coefficient (Wildman–Crippen LogP) is 1.84. The third-order valence-corrected chi connectivity index (χ3v) is 6.49. The highest BCUT2D eigenvalue weighted by atomic mass is 32.2. The van der Waals surface area contributed by atoms with Gasteiger partial charge in [-0.05, 0) is 23.6 Å². The van der Waals surface area contributed by atoms with Crippen LogP contribution in [0.3, 0.4) is 0 Å². The maximum atomic E-state index is 12.2. The molecule has 1 atom stereocenters. The van der Waals surface area contributed by atoms with Gasteiger partial charge in [-0.25, -0.2) is 13.1 Å². The van der Waals surface area contributed by atoms with Gasteiger partial charge in [0.25, 0.3) is 0 Å². The van der Waals surface area contributed by atoms with Gasteiger partial charge in [0, 0.05) is 30.8 Å². The molecule has 1 aromatic heterocycles. The van der Waals surface area contributed by atoms with E-state index in [9.17, 15) is 13.2 Å². The number of sulfonamides is 1. The van der Waals surface area contributed by atoms with Crippen LogP contribution in [0.4, 0.5) is 5.69 Å². The average Bonchev–Trinajstić information content (AvgIpc) is 3.17. The van der Waals surface area contributed by atoms with Crippen LogP contribution in [0.25, 0.3) is 0 Å². The summed E-state index contributed by atoms with van der Waals surface area (Å²) in [5, 5.41) is 1.71. The number of rotatable bonds is 5. The molecule has 3 rings (SSSR count). The van der Waals surface area contributed by atoms with E-state index in [1.807, 2.05) is 0 Å². The first-order valence-corrected chi connectivity index (χ1v) is 9.36. The van der Waals surface area contributed by atoms with E-state index in [0.29, 0.717) is 18.0 Å². The van der Waals surface area contributed by atoms with Gasteiger partial charge in [0.15, 0.2) is 0 Å². The Bertz CT molecular complexity index is 803. The van der Waals surface area contributed by atoms with Gasteiger partial charge in [-0.15, -0.1) is 11.3 Å². The minimum absolute atomic E-state index is 0.114. The number of methoxy groups -OCH3 is 1.